The molecular formula is C16H23BrO. The number of alkyl halides is 1. The van der Waals surface area contributed by atoms with E-state index in [9.17, 15) is 0 Å². The summed E-state index contributed by atoms with van der Waals surface area (Å²) in [7, 11) is 0. The quantitative estimate of drug-likeness (QED) is 0.550. The highest BCUT2D eigenvalue weighted by molar-refractivity contribution is 9.09. The van der Waals surface area contributed by atoms with Gasteiger partial charge in [-0.2, -0.15) is 0 Å². The van der Waals surface area contributed by atoms with E-state index in [1.807, 2.05) is 0 Å². The highest BCUT2D eigenvalue weighted by Crippen LogP contribution is 2.42. The summed E-state index contributed by atoms with van der Waals surface area (Å²) in [6, 6.07) is 6.35. The zero-order chi connectivity index (χ0) is 14.0. The van der Waals surface area contributed by atoms with Crippen LogP contribution in [0.5, 0.6) is 5.75 Å². The van der Waals surface area contributed by atoms with Crippen molar-refractivity contribution in [2.75, 3.05) is 6.61 Å². The zero-order valence-corrected chi connectivity index (χ0v) is 13.6. The monoisotopic (exact) mass is 310 g/mol. The van der Waals surface area contributed by atoms with Crippen LogP contribution >= 0.6 is 15.9 Å². The lowest BCUT2D eigenvalue weighted by Gasteiger charge is -2.28. The summed E-state index contributed by atoms with van der Waals surface area (Å²) < 4.78 is 5.82. The second-order valence-corrected chi connectivity index (χ2v) is 7.99. The second kappa shape index (κ2) is 5.48. The highest BCUT2D eigenvalue weighted by Gasteiger charge is 2.27. The van der Waals surface area contributed by atoms with E-state index in [0.29, 0.717) is 6.61 Å². The van der Waals surface area contributed by atoms with Gasteiger partial charge in [0.2, 0.25) is 0 Å². The van der Waals surface area contributed by atoms with Gasteiger partial charge in [-0.3, -0.25) is 0 Å². The van der Waals surface area contributed by atoms with Crippen molar-refractivity contribution in [3.63, 3.8) is 0 Å². The predicted octanol–water partition coefficient (Wildman–Crippen LogP) is 5.18. The van der Waals surface area contributed by atoms with E-state index in [2.05, 4.69) is 75.3 Å². The Morgan fingerprint density at radius 3 is 2.17 bits per heavy atom. The molecule has 1 aromatic rings. The van der Waals surface area contributed by atoms with Crippen molar-refractivity contribution in [1.82, 2.24) is 0 Å². The fourth-order valence-electron chi connectivity index (χ4n) is 1.89. The molecule has 0 aliphatic heterocycles. The SMILES string of the molecule is C=CCOc1c(C(C)(C)C)cccc1C(C)(C)Br. The van der Waals surface area contributed by atoms with E-state index >= 15 is 0 Å². The molecule has 0 radical (unpaired) electrons. The van der Waals surface area contributed by atoms with Gasteiger partial charge >= 0.3 is 0 Å². The summed E-state index contributed by atoms with van der Waals surface area (Å²) in [6.45, 7) is 15.1. The lowest BCUT2D eigenvalue weighted by molar-refractivity contribution is 0.344. The van der Waals surface area contributed by atoms with Gasteiger partial charge in [0.25, 0.3) is 0 Å². The fraction of sp³-hybridized carbons (Fsp3) is 0.500. The number of halogens is 1. The van der Waals surface area contributed by atoms with Crippen LogP contribution in [0.25, 0.3) is 0 Å². The number of benzene rings is 1. The molecule has 0 aromatic heterocycles. The molecule has 0 spiro atoms. The maximum absolute atomic E-state index is 5.92. The smallest absolute Gasteiger partial charge is 0.128 e. The summed E-state index contributed by atoms with van der Waals surface area (Å²) in [5.41, 5.74) is 2.47. The Morgan fingerprint density at radius 1 is 1.17 bits per heavy atom. The molecule has 0 atom stereocenters. The summed E-state index contributed by atoms with van der Waals surface area (Å²) >= 11 is 3.72. The Labute approximate surface area is 119 Å². The van der Waals surface area contributed by atoms with Crippen LogP contribution in [0.2, 0.25) is 0 Å². The third-order valence-electron chi connectivity index (χ3n) is 2.81. The number of rotatable bonds is 4. The van der Waals surface area contributed by atoms with E-state index < -0.39 is 0 Å². The molecular weight excluding hydrogens is 288 g/mol. The van der Waals surface area contributed by atoms with Gasteiger partial charge in [0.05, 0.1) is 0 Å². The van der Waals surface area contributed by atoms with Crippen molar-refractivity contribution in [3.8, 4) is 5.75 Å². The maximum atomic E-state index is 5.92. The van der Waals surface area contributed by atoms with E-state index in [1.54, 1.807) is 6.08 Å². The fourth-order valence-corrected chi connectivity index (χ4v) is 2.21. The van der Waals surface area contributed by atoms with Gasteiger partial charge in [0.1, 0.15) is 12.4 Å². The van der Waals surface area contributed by atoms with Crippen LogP contribution < -0.4 is 4.74 Å². The number of hydrogen-bond acceptors (Lipinski definition) is 1. The van der Waals surface area contributed by atoms with E-state index in [1.165, 1.54) is 11.1 Å². The average molecular weight is 311 g/mol. The molecule has 2 heteroatoms. The summed E-state index contributed by atoms with van der Waals surface area (Å²) in [6.07, 6.45) is 1.78. The Morgan fingerprint density at radius 2 is 1.72 bits per heavy atom. The van der Waals surface area contributed by atoms with Gasteiger partial charge in [-0.05, 0) is 24.8 Å². The Hall–Kier alpha value is -0.760. The van der Waals surface area contributed by atoms with Gasteiger partial charge in [0, 0.05) is 9.89 Å². The Bertz CT molecular complexity index is 389. The molecule has 0 aliphatic rings. The molecule has 1 nitrogen and oxygen atoms in total. The van der Waals surface area contributed by atoms with Gasteiger partial charge in [-0.15, -0.1) is 0 Å². The van der Waals surface area contributed by atoms with Crippen molar-refractivity contribution in [2.45, 2.75) is 44.4 Å². The van der Waals surface area contributed by atoms with Crippen LogP contribution in [0.1, 0.15) is 45.7 Å². The molecule has 0 N–H and O–H groups in total. The third-order valence-corrected chi connectivity index (χ3v) is 3.24. The summed E-state index contributed by atoms with van der Waals surface area (Å²) in [5.74, 6) is 0.978. The van der Waals surface area contributed by atoms with Crippen LogP contribution in [-0.2, 0) is 9.74 Å². The lowest BCUT2D eigenvalue weighted by Crippen LogP contribution is -2.18. The van der Waals surface area contributed by atoms with Crippen molar-refractivity contribution < 1.29 is 4.74 Å². The molecule has 0 amide bonds. The van der Waals surface area contributed by atoms with Crippen LogP contribution in [-0.4, -0.2) is 6.61 Å². The minimum atomic E-state index is -0.106. The van der Waals surface area contributed by atoms with Crippen LogP contribution in [0.3, 0.4) is 0 Å². The van der Waals surface area contributed by atoms with Gasteiger partial charge in [-0.1, -0.05) is 67.6 Å². The molecule has 0 bridgehead atoms. The molecule has 18 heavy (non-hydrogen) atoms. The molecule has 100 valence electrons. The van der Waals surface area contributed by atoms with Gasteiger partial charge in [-0.25, -0.2) is 0 Å². The van der Waals surface area contributed by atoms with E-state index in [-0.39, 0.29) is 9.74 Å². The zero-order valence-electron chi connectivity index (χ0n) is 12.0. The molecule has 0 saturated carbocycles. The minimum absolute atomic E-state index is 0.0603. The maximum Gasteiger partial charge on any atom is 0.128 e. The Kier molecular flexibility index (Phi) is 4.66. The first-order valence-electron chi connectivity index (χ1n) is 6.24. The normalized spacial score (nSPS) is 12.3. The molecule has 0 heterocycles. The molecule has 0 aliphatic carbocycles. The topological polar surface area (TPSA) is 9.23 Å². The molecule has 0 fully saturated rings. The van der Waals surface area contributed by atoms with Crippen LogP contribution in [0.4, 0.5) is 0 Å². The van der Waals surface area contributed by atoms with E-state index in [0.717, 1.165) is 5.75 Å². The van der Waals surface area contributed by atoms with Crippen molar-refractivity contribution >= 4 is 15.9 Å². The highest BCUT2D eigenvalue weighted by atomic mass is 79.9. The molecule has 0 unspecified atom stereocenters. The molecule has 0 saturated heterocycles. The van der Waals surface area contributed by atoms with Gasteiger partial charge < -0.3 is 4.74 Å². The number of ether oxygens (including phenoxy) is 1. The number of para-hydroxylation sites is 1. The van der Waals surface area contributed by atoms with Crippen molar-refractivity contribution in [2.24, 2.45) is 0 Å². The summed E-state index contributed by atoms with van der Waals surface area (Å²) in [5, 5.41) is 0. The number of hydrogen-bond donors (Lipinski definition) is 0. The minimum Gasteiger partial charge on any atom is -0.489 e. The third kappa shape index (κ3) is 3.61. The van der Waals surface area contributed by atoms with Crippen LogP contribution in [0, 0.1) is 0 Å². The lowest BCUT2D eigenvalue weighted by atomic mass is 9.83. The summed E-state index contributed by atoms with van der Waals surface area (Å²) in [4.78, 5) is 0. The predicted molar refractivity (Wildman–Crippen MR) is 82.8 cm³/mol. The van der Waals surface area contributed by atoms with Crippen LogP contribution in [0.15, 0.2) is 30.9 Å². The van der Waals surface area contributed by atoms with Crippen molar-refractivity contribution in [1.29, 1.82) is 0 Å². The van der Waals surface area contributed by atoms with Gasteiger partial charge in [0.15, 0.2) is 0 Å². The average Bonchev–Trinajstić information content (AvgIpc) is 2.23. The first-order valence-corrected chi connectivity index (χ1v) is 7.04. The largest absolute Gasteiger partial charge is 0.489 e. The first-order chi connectivity index (χ1) is 8.18. The molecule has 1 aromatic carbocycles. The van der Waals surface area contributed by atoms with E-state index in [4.69, 9.17) is 4.74 Å². The second-order valence-electron chi connectivity index (χ2n) is 6.00. The standard InChI is InChI=1S/C16H23BrO/c1-7-11-18-14-12(15(2,3)4)9-8-10-13(14)16(5,6)17/h7-10H,1,11H2,2-6H3. The molecule has 1 rings (SSSR count). The Balaban J connectivity index is 3.40. The van der Waals surface area contributed by atoms with Crippen molar-refractivity contribution in [3.05, 3.63) is 42.0 Å². The first kappa shape index (κ1) is 15.3.